The third-order valence-corrected chi connectivity index (χ3v) is 3.87. The summed E-state index contributed by atoms with van der Waals surface area (Å²) < 4.78 is 8.21. The van der Waals surface area contributed by atoms with Gasteiger partial charge in [-0.25, -0.2) is 4.68 Å². The quantitative estimate of drug-likeness (QED) is 0.703. The van der Waals surface area contributed by atoms with E-state index in [1.807, 2.05) is 54.6 Å². The minimum absolute atomic E-state index is 0.0481. The number of nitrogens with one attached hydrogen (secondary N) is 1. The van der Waals surface area contributed by atoms with Crippen LogP contribution in [0.15, 0.2) is 71.3 Å². The molecule has 24 heavy (non-hydrogen) atoms. The highest BCUT2D eigenvalue weighted by atomic mass is 79.9. The number of amides is 1. The van der Waals surface area contributed by atoms with E-state index in [0.717, 1.165) is 10.0 Å². The molecule has 0 fully saturated rings. The van der Waals surface area contributed by atoms with Crippen molar-refractivity contribution in [2.24, 2.45) is 0 Å². The van der Waals surface area contributed by atoms with Crippen LogP contribution < -0.4 is 10.1 Å². The van der Waals surface area contributed by atoms with E-state index in [0.29, 0.717) is 18.1 Å². The lowest BCUT2D eigenvalue weighted by atomic mass is 10.2. The average Bonchev–Trinajstić information content (AvgIpc) is 3.03. The topological polar surface area (TPSA) is 56.1 Å². The summed E-state index contributed by atoms with van der Waals surface area (Å²) in [5.41, 5.74) is 1.10. The van der Waals surface area contributed by atoms with Crippen molar-refractivity contribution < 1.29 is 9.53 Å². The van der Waals surface area contributed by atoms with Crippen LogP contribution in [0.25, 0.3) is 0 Å². The number of nitrogens with zero attached hydrogens (tertiary/aromatic N) is 2. The number of benzene rings is 2. The van der Waals surface area contributed by atoms with Crippen molar-refractivity contribution in [3.05, 3.63) is 76.9 Å². The van der Waals surface area contributed by atoms with Gasteiger partial charge in [-0.05, 0) is 29.8 Å². The SMILES string of the molecule is O=C(COc1ccccc1)Nc1ccnn1Cc1ccc(Br)cc1. The number of aromatic nitrogens is 2. The van der Waals surface area contributed by atoms with E-state index >= 15 is 0 Å². The minimum Gasteiger partial charge on any atom is -0.484 e. The Bertz CT molecular complexity index is 801. The second-order valence-electron chi connectivity index (χ2n) is 5.15. The highest BCUT2D eigenvalue weighted by Gasteiger charge is 2.08. The molecule has 2 aromatic carbocycles. The molecule has 3 aromatic rings. The predicted octanol–water partition coefficient (Wildman–Crippen LogP) is 3.71. The molecular weight excluding hydrogens is 370 g/mol. The largest absolute Gasteiger partial charge is 0.484 e. The lowest BCUT2D eigenvalue weighted by Gasteiger charge is -2.10. The summed E-state index contributed by atoms with van der Waals surface area (Å²) in [4.78, 5) is 12.0. The molecule has 0 saturated heterocycles. The van der Waals surface area contributed by atoms with Gasteiger partial charge in [-0.2, -0.15) is 5.10 Å². The molecule has 122 valence electrons. The van der Waals surface area contributed by atoms with E-state index in [2.05, 4.69) is 26.3 Å². The molecule has 5 nitrogen and oxygen atoms in total. The third kappa shape index (κ3) is 4.45. The fourth-order valence-corrected chi connectivity index (χ4v) is 2.44. The van der Waals surface area contributed by atoms with Crippen molar-refractivity contribution in [2.75, 3.05) is 11.9 Å². The molecule has 0 aliphatic heterocycles. The van der Waals surface area contributed by atoms with Gasteiger partial charge in [-0.15, -0.1) is 0 Å². The standard InChI is InChI=1S/C18H16BrN3O2/c19-15-8-6-14(7-9-15)12-22-17(10-11-20-22)21-18(23)13-24-16-4-2-1-3-5-16/h1-11H,12-13H2,(H,21,23). The number of halogens is 1. The van der Waals surface area contributed by atoms with Crippen molar-refractivity contribution in [2.45, 2.75) is 6.54 Å². The van der Waals surface area contributed by atoms with Gasteiger partial charge in [0.25, 0.3) is 5.91 Å². The van der Waals surface area contributed by atoms with Crippen LogP contribution in [0.1, 0.15) is 5.56 Å². The maximum absolute atomic E-state index is 12.0. The molecule has 1 aromatic heterocycles. The van der Waals surface area contributed by atoms with E-state index in [1.54, 1.807) is 16.9 Å². The number of carbonyl (C=O) groups excluding carboxylic acids is 1. The Hall–Kier alpha value is -2.60. The van der Waals surface area contributed by atoms with Gasteiger partial charge in [0.2, 0.25) is 0 Å². The van der Waals surface area contributed by atoms with E-state index in [4.69, 9.17) is 4.74 Å². The molecule has 0 unspecified atom stereocenters. The predicted molar refractivity (Wildman–Crippen MR) is 96.0 cm³/mol. The maximum atomic E-state index is 12.0. The van der Waals surface area contributed by atoms with Gasteiger partial charge in [-0.3, -0.25) is 4.79 Å². The van der Waals surface area contributed by atoms with Crippen LogP contribution >= 0.6 is 15.9 Å². The highest BCUT2D eigenvalue weighted by molar-refractivity contribution is 9.10. The van der Waals surface area contributed by atoms with Crippen molar-refractivity contribution in [1.82, 2.24) is 9.78 Å². The summed E-state index contributed by atoms with van der Waals surface area (Å²) in [6.07, 6.45) is 1.66. The number of hydrogen-bond donors (Lipinski definition) is 1. The van der Waals surface area contributed by atoms with Gasteiger partial charge in [0.1, 0.15) is 11.6 Å². The van der Waals surface area contributed by atoms with Crippen LogP contribution in [0.3, 0.4) is 0 Å². The van der Waals surface area contributed by atoms with Gasteiger partial charge >= 0.3 is 0 Å². The second kappa shape index (κ2) is 7.79. The number of para-hydroxylation sites is 1. The molecule has 6 heteroatoms. The molecule has 0 saturated carbocycles. The van der Waals surface area contributed by atoms with Gasteiger partial charge in [0.05, 0.1) is 12.7 Å². The Morgan fingerprint density at radius 2 is 1.83 bits per heavy atom. The highest BCUT2D eigenvalue weighted by Crippen LogP contribution is 2.14. The molecule has 1 heterocycles. The fraction of sp³-hybridized carbons (Fsp3) is 0.111. The summed E-state index contributed by atoms with van der Waals surface area (Å²) >= 11 is 3.41. The van der Waals surface area contributed by atoms with Crippen LogP contribution in [-0.2, 0) is 11.3 Å². The molecule has 0 radical (unpaired) electrons. The Balaban J connectivity index is 1.58. The van der Waals surface area contributed by atoms with Gasteiger partial charge in [0, 0.05) is 10.5 Å². The fourth-order valence-electron chi connectivity index (χ4n) is 2.17. The molecule has 1 amide bonds. The second-order valence-corrected chi connectivity index (χ2v) is 6.07. The number of carbonyl (C=O) groups is 1. The molecule has 0 bridgehead atoms. The summed E-state index contributed by atoms with van der Waals surface area (Å²) in [5, 5.41) is 7.07. The Morgan fingerprint density at radius 1 is 1.08 bits per heavy atom. The van der Waals surface area contributed by atoms with E-state index in [1.165, 1.54) is 0 Å². The molecular formula is C18H16BrN3O2. The van der Waals surface area contributed by atoms with Crippen molar-refractivity contribution in [3.8, 4) is 5.75 Å². The van der Waals surface area contributed by atoms with Crippen LogP contribution in [0, 0.1) is 0 Å². The van der Waals surface area contributed by atoms with Crippen LogP contribution in [0.4, 0.5) is 5.82 Å². The van der Waals surface area contributed by atoms with Crippen LogP contribution in [-0.4, -0.2) is 22.3 Å². The van der Waals surface area contributed by atoms with Gasteiger partial charge in [-0.1, -0.05) is 46.3 Å². The summed E-state index contributed by atoms with van der Waals surface area (Å²) in [7, 11) is 0. The number of ether oxygens (including phenoxy) is 1. The number of rotatable bonds is 6. The Morgan fingerprint density at radius 3 is 2.58 bits per heavy atom. The first-order chi connectivity index (χ1) is 11.7. The lowest BCUT2D eigenvalue weighted by Crippen LogP contribution is -2.22. The molecule has 0 atom stereocenters. The zero-order valence-corrected chi connectivity index (χ0v) is 14.4. The van der Waals surface area contributed by atoms with E-state index in [9.17, 15) is 4.79 Å². The first kappa shape index (κ1) is 16.3. The maximum Gasteiger partial charge on any atom is 0.263 e. The van der Waals surface area contributed by atoms with Crippen LogP contribution in [0.2, 0.25) is 0 Å². The molecule has 0 aliphatic carbocycles. The summed E-state index contributed by atoms with van der Waals surface area (Å²) in [6, 6.07) is 19.0. The summed E-state index contributed by atoms with van der Waals surface area (Å²) in [6.45, 7) is 0.531. The Kier molecular flexibility index (Phi) is 5.28. The van der Waals surface area contributed by atoms with E-state index in [-0.39, 0.29) is 12.5 Å². The number of hydrogen-bond acceptors (Lipinski definition) is 3. The number of anilines is 1. The van der Waals surface area contributed by atoms with Gasteiger partial charge < -0.3 is 10.1 Å². The van der Waals surface area contributed by atoms with E-state index < -0.39 is 0 Å². The first-order valence-electron chi connectivity index (χ1n) is 7.45. The minimum atomic E-state index is -0.226. The average molecular weight is 386 g/mol. The summed E-state index contributed by atoms with van der Waals surface area (Å²) in [5.74, 6) is 1.08. The van der Waals surface area contributed by atoms with Crippen molar-refractivity contribution in [1.29, 1.82) is 0 Å². The molecule has 1 N–H and O–H groups in total. The smallest absolute Gasteiger partial charge is 0.263 e. The first-order valence-corrected chi connectivity index (χ1v) is 8.24. The third-order valence-electron chi connectivity index (χ3n) is 3.34. The van der Waals surface area contributed by atoms with Crippen molar-refractivity contribution >= 4 is 27.7 Å². The van der Waals surface area contributed by atoms with Gasteiger partial charge in [0.15, 0.2) is 6.61 Å². The molecule has 0 spiro atoms. The monoisotopic (exact) mass is 385 g/mol. The lowest BCUT2D eigenvalue weighted by molar-refractivity contribution is -0.118. The van der Waals surface area contributed by atoms with Crippen molar-refractivity contribution in [3.63, 3.8) is 0 Å². The Labute approximate surface area is 148 Å². The van der Waals surface area contributed by atoms with Crippen LogP contribution in [0.5, 0.6) is 5.75 Å². The zero-order chi connectivity index (χ0) is 16.8. The molecule has 0 aliphatic rings. The zero-order valence-electron chi connectivity index (χ0n) is 12.9. The normalized spacial score (nSPS) is 10.4. The molecule has 3 rings (SSSR count).